The van der Waals surface area contributed by atoms with Gasteiger partial charge in [0, 0.05) is 10.6 Å². The van der Waals surface area contributed by atoms with Crippen molar-refractivity contribution in [2.75, 3.05) is 11.9 Å². The number of rotatable bonds is 4. The van der Waals surface area contributed by atoms with Gasteiger partial charge < -0.3 is 10.6 Å². The third-order valence-corrected chi connectivity index (χ3v) is 7.23. The van der Waals surface area contributed by atoms with Gasteiger partial charge in [0.1, 0.15) is 0 Å². The van der Waals surface area contributed by atoms with Crippen molar-refractivity contribution in [3.05, 3.63) is 51.2 Å². The summed E-state index contributed by atoms with van der Waals surface area (Å²) in [5, 5.41) is 5.48. The van der Waals surface area contributed by atoms with Crippen molar-refractivity contribution < 1.29 is 14.4 Å². The molecule has 158 valence electrons. The second-order valence-corrected chi connectivity index (χ2v) is 10.3. The number of amides is 4. The number of carbonyl (C=O) groups excluding carboxylic acids is 3. The van der Waals surface area contributed by atoms with E-state index >= 15 is 0 Å². The molecule has 30 heavy (non-hydrogen) atoms. The summed E-state index contributed by atoms with van der Waals surface area (Å²) in [5.74, 6) is 0.277. The monoisotopic (exact) mass is 425 g/mol. The quantitative estimate of drug-likeness (QED) is 0.721. The Bertz CT molecular complexity index is 989. The van der Waals surface area contributed by atoms with Crippen LogP contribution in [0.25, 0.3) is 0 Å². The SMILES string of the molecule is CC(C)(C)C1CCc2sc(C(=O)Nc3cccc(CN4C(=O)CNC4=O)c3)cc2C1. The number of carbonyl (C=O) groups is 3. The molecule has 1 fully saturated rings. The molecule has 7 heteroatoms. The predicted octanol–water partition coefficient (Wildman–Crippen LogP) is 4.20. The molecule has 1 aromatic carbocycles. The van der Waals surface area contributed by atoms with E-state index in [0.29, 0.717) is 11.6 Å². The van der Waals surface area contributed by atoms with Crippen molar-refractivity contribution in [1.29, 1.82) is 0 Å². The average Bonchev–Trinajstić information content (AvgIpc) is 3.25. The van der Waals surface area contributed by atoms with Gasteiger partial charge in [-0.25, -0.2) is 4.79 Å². The van der Waals surface area contributed by atoms with Crippen molar-refractivity contribution in [3.63, 3.8) is 0 Å². The minimum Gasteiger partial charge on any atom is -0.329 e. The molecule has 1 unspecified atom stereocenters. The second-order valence-electron chi connectivity index (χ2n) is 9.16. The zero-order chi connectivity index (χ0) is 21.5. The topological polar surface area (TPSA) is 78.5 Å². The summed E-state index contributed by atoms with van der Waals surface area (Å²) in [6, 6.07) is 8.94. The molecule has 0 bridgehead atoms. The maximum absolute atomic E-state index is 12.8. The Kier molecular flexibility index (Phi) is 5.40. The molecule has 4 rings (SSSR count). The van der Waals surface area contributed by atoms with E-state index in [1.807, 2.05) is 24.3 Å². The molecule has 1 aliphatic carbocycles. The number of anilines is 1. The summed E-state index contributed by atoms with van der Waals surface area (Å²) in [6.45, 7) is 7.09. The maximum atomic E-state index is 12.8. The van der Waals surface area contributed by atoms with Crippen LogP contribution in [0.15, 0.2) is 30.3 Å². The number of benzene rings is 1. The summed E-state index contributed by atoms with van der Waals surface area (Å²) >= 11 is 1.59. The first-order valence-corrected chi connectivity index (χ1v) is 11.1. The number of hydrogen-bond donors (Lipinski definition) is 2. The van der Waals surface area contributed by atoms with Gasteiger partial charge in [0.05, 0.1) is 18.0 Å². The van der Waals surface area contributed by atoms with Gasteiger partial charge >= 0.3 is 6.03 Å². The van der Waals surface area contributed by atoms with Gasteiger partial charge in [-0.3, -0.25) is 14.5 Å². The fourth-order valence-electron chi connectivity index (χ4n) is 4.11. The van der Waals surface area contributed by atoms with Crippen molar-refractivity contribution >= 4 is 34.9 Å². The lowest BCUT2D eigenvalue weighted by molar-refractivity contribution is -0.125. The van der Waals surface area contributed by atoms with Gasteiger partial charge in [0.25, 0.3) is 5.91 Å². The number of nitrogens with one attached hydrogen (secondary N) is 2. The highest BCUT2D eigenvalue weighted by Gasteiger charge is 2.31. The first-order chi connectivity index (χ1) is 14.2. The lowest BCUT2D eigenvalue weighted by atomic mass is 9.72. The Balaban J connectivity index is 1.44. The van der Waals surface area contributed by atoms with Crippen LogP contribution in [0.1, 0.15) is 52.9 Å². The van der Waals surface area contributed by atoms with Crippen molar-refractivity contribution in [2.24, 2.45) is 11.3 Å². The molecule has 0 radical (unpaired) electrons. The first kappa shape index (κ1) is 20.6. The van der Waals surface area contributed by atoms with Gasteiger partial charge in [0.2, 0.25) is 5.91 Å². The largest absolute Gasteiger partial charge is 0.329 e. The number of fused-ring (bicyclic) bond motifs is 1. The molecular weight excluding hydrogens is 398 g/mol. The van der Waals surface area contributed by atoms with Gasteiger partial charge in [-0.05, 0) is 59.9 Å². The average molecular weight is 426 g/mol. The Morgan fingerprint density at radius 3 is 2.77 bits per heavy atom. The molecule has 6 nitrogen and oxygen atoms in total. The molecular formula is C23H27N3O3S. The molecule has 1 atom stereocenters. The number of aryl methyl sites for hydroxylation is 1. The van der Waals surface area contributed by atoms with Crippen LogP contribution in [-0.2, 0) is 24.2 Å². The minimum absolute atomic E-state index is 0.0361. The molecule has 2 aliphatic rings. The fraction of sp³-hybridized carbons (Fsp3) is 0.435. The summed E-state index contributed by atoms with van der Waals surface area (Å²) < 4.78 is 0. The van der Waals surface area contributed by atoms with E-state index < -0.39 is 0 Å². The summed E-state index contributed by atoms with van der Waals surface area (Å²) in [4.78, 5) is 39.6. The molecule has 0 spiro atoms. The normalized spacial score (nSPS) is 18.9. The van der Waals surface area contributed by atoms with Gasteiger partial charge in [0.15, 0.2) is 0 Å². The highest BCUT2D eigenvalue weighted by molar-refractivity contribution is 7.14. The van der Waals surface area contributed by atoms with Crippen LogP contribution in [0.5, 0.6) is 0 Å². The third kappa shape index (κ3) is 4.26. The molecule has 1 aromatic heterocycles. The molecule has 4 amide bonds. The lowest BCUT2D eigenvalue weighted by Gasteiger charge is -2.33. The minimum atomic E-state index is -0.382. The molecule has 1 aliphatic heterocycles. The highest BCUT2D eigenvalue weighted by Crippen LogP contribution is 2.40. The van der Waals surface area contributed by atoms with E-state index in [0.717, 1.165) is 23.3 Å². The van der Waals surface area contributed by atoms with Gasteiger partial charge in [-0.2, -0.15) is 0 Å². The van der Waals surface area contributed by atoms with Crippen molar-refractivity contribution in [1.82, 2.24) is 10.2 Å². The van der Waals surface area contributed by atoms with E-state index in [1.54, 1.807) is 17.4 Å². The van der Waals surface area contributed by atoms with Crippen LogP contribution in [0, 0.1) is 11.3 Å². The molecule has 0 saturated carbocycles. The van der Waals surface area contributed by atoms with E-state index in [4.69, 9.17) is 0 Å². The number of nitrogens with zero attached hydrogens (tertiary/aromatic N) is 1. The number of thiophene rings is 1. The van der Waals surface area contributed by atoms with E-state index in [9.17, 15) is 14.4 Å². The Labute approximate surface area is 180 Å². The van der Waals surface area contributed by atoms with E-state index in [2.05, 4.69) is 31.4 Å². The molecule has 2 aromatic rings. The highest BCUT2D eigenvalue weighted by atomic mass is 32.1. The van der Waals surface area contributed by atoms with Crippen LogP contribution in [0.3, 0.4) is 0 Å². The standard InChI is InChI=1S/C23H27N3O3S/c1-23(2,3)16-7-8-18-15(10-16)11-19(30-18)21(28)25-17-6-4-5-14(9-17)13-26-20(27)12-24-22(26)29/h4-6,9,11,16H,7-8,10,12-13H2,1-3H3,(H,24,29)(H,25,28). The number of hydrogen-bond acceptors (Lipinski definition) is 4. The van der Waals surface area contributed by atoms with E-state index in [-0.39, 0.29) is 36.3 Å². The fourth-order valence-corrected chi connectivity index (χ4v) is 5.22. The Hall–Kier alpha value is -2.67. The molecule has 2 heterocycles. The summed E-state index contributed by atoms with van der Waals surface area (Å²) in [5.41, 5.74) is 3.03. The first-order valence-electron chi connectivity index (χ1n) is 10.3. The number of imide groups is 1. The second kappa shape index (κ2) is 7.87. The summed E-state index contributed by atoms with van der Waals surface area (Å²) in [6.07, 6.45) is 3.24. The van der Waals surface area contributed by atoms with Crippen LogP contribution < -0.4 is 10.6 Å². The predicted molar refractivity (Wildman–Crippen MR) is 118 cm³/mol. The molecule has 1 saturated heterocycles. The lowest BCUT2D eigenvalue weighted by Crippen LogP contribution is -2.30. The Morgan fingerprint density at radius 1 is 1.27 bits per heavy atom. The maximum Gasteiger partial charge on any atom is 0.324 e. The summed E-state index contributed by atoms with van der Waals surface area (Å²) in [7, 11) is 0. The zero-order valence-electron chi connectivity index (χ0n) is 17.6. The van der Waals surface area contributed by atoms with Crippen LogP contribution >= 0.6 is 11.3 Å². The number of urea groups is 1. The van der Waals surface area contributed by atoms with Crippen molar-refractivity contribution in [2.45, 2.75) is 46.6 Å². The molecule has 2 N–H and O–H groups in total. The van der Waals surface area contributed by atoms with Gasteiger partial charge in [-0.15, -0.1) is 11.3 Å². The van der Waals surface area contributed by atoms with Crippen LogP contribution in [-0.4, -0.2) is 29.3 Å². The third-order valence-electron chi connectivity index (χ3n) is 5.99. The zero-order valence-corrected chi connectivity index (χ0v) is 18.4. The van der Waals surface area contributed by atoms with Crippen LogP contribution in [0.4, 0.5) is 10.5 Å². The van der Waals surface area contributed by atoms with E-state index in [1.165, 1.54) is 21.8 Å². The van der Waals surface area contributed by atoms with Crippen LogP contribution in [0.2, 0.25) is 0 Å². The Morgan fingerprint density at radius 2 is 2.07 bits per heavy atom. The van der Waals surface area contributed by atoms with Crippen molar-refractivity contribution in [3.8, 4) is 0 Å². The smallest absolute Gasteiger partial charge is 0.324 e. The van der Waals surface area contributed by atoms with Gasteiger partial charge in [-0.1, -0.05) is 32.9 Å².